The molecule has 0 atom stereocenters. The highest BCUT2D eigenvalue weighted by molar-refractivity contribution is 5.92. The van der Waals surface area contributed by atoms with Crippen molar-refractivity contribution in [2.24, 2.45) is 0 Å². The van der Waals surface area contributed by atoms with Crippen LogP contribution < -0.4 is 20.2 Å². The van der Waals surface area contributed by atoms with Gasteiger partial charge in [-0.25, -0.2) is 0 Å². The van der Waals surface area contributed by atoms with E-state index < -0.39 is 5.91 Å². The molecular weight excluding hydrogens is 406 g/mol. The van der Waals surface area contributed by atoms with Crippen LogP contribution in [0, 0.1) is 13.8 Å². The zero-order chi connectivity index (χ0) is 22.7. The van der Waals surface area contributed by atoms with Gasteiger partial charge in [0.05, 0.1) is 12.5 Å². The highest BCUT2D eigenvalue weighted by atomic mass is 16.5. The summed E-state index contributed by atoms with van der Waals surface area (Å²) in [5.74, 6) is 0.597. The summed E-state index contributed by atoms with van der Waals surface area (Å²) >= 11 is 0. The fraction of sp³-hybridized carbons (Fsp3) is 0.154. The first-order valence-corrected chi connectivity index (χ1v) is 10.2. The Hall–Kier alpha value is -4.06. The number of benzene rings is 3. The van der Waals surface area contributed by atoms with Crippen LogP contribution in [0.5, 0.6) is 11.5 Å². The van der Waals surface area contributed by atoms with Crippen LogP contribution in [0.25, 0.3) is 22.3 Å². The van der Waals surface area contributed by atoms with Crippen molar-refractivity contribution in [1.82, 2.24) is 0 Å². The molecule has 6 nitrogen and oxygen atoms in total. The Morgan fingerprint density at radius 2 is 1.66 bits per heavy atom. The molecule has 0 aliphatic carbocycles. The number of carbonyl (C=O) groups excluding carboxylic acids is 1. The van der Waals surface area contributed by atoms with Crippen LogP contribution >= 0.6 is 0 Å². The lowest BCUT2D eigenvalue weighted by Gasteiger charge is -2.13. The molecule has 0 saturated carbocycles. The second-order valence-corrected chi connectivity index (χ2v) is 7.45. The number of methoxy groups -OCH3 is 1. The first kappa shape index (κ1) is 21.2. The molecule has 0 saturated heterocycles. The van der Waals surface area contributed by atoms with Crippen LogP contribution in [0.15, 0.2) is 75.9 Å². The van der Waals surface area contributed by atoms with Crippen molar-refractivity contribution in [2.45, 2.75) is 13.8 Å². The number of rotatable bonds is 6. The van der Waals surface area contributed by atoms with Crippen LogP contribution in [0.3, 0.4) is 0 Å². The van der Waals surface area contributed by atoms with Gasteiger partial charge in [-0.3, -0.25) is 9.59 Å². The van der Waals surface area contributed by atoms with Crippen LogP contribution in [0.2, 0.25) is 0 Å². The second kappa shape index (κ2) is 8.98. The number of aryl methyl sites for hydroxylation is 2. The Labute approximate surface area is 185 Å². The van der Waals surface area contributed by atoms with Gasteiger partial charge in [0, 0.05) is 11.3 Å². The van der Waals surface area contributed by atoms with E-state index in [-0.39, 0.29) is 17.8 Å². The minimum Gasteiger partial charge on any atom is -0.497 e. The summed E-state index contributed by atoms with van der Waals surface area (Å²) in [5, 5.41) is 3.16. The van der Waals surface area contributed by atoms with Gasteiger partial charge in [0.25, 0.3) is 5.91 Å². The van der Waals surface area contributed by atoms with E-state index in [1.54, 1.807) is 37.4 Å². The second-order valence-electron chi connectivity index (χ2n) is 7.45. The van der Waals surface area contributed by atoms with E-state index in [4.69, 9.17) is 13.9 Å². The summed E-state index contributed by atoms with van der Waals surface area (Å²) in [7, 11) is 1.57. The number of anilines is 1. The maximum atomic E-state index is 13.3. The maximum Gasteiger partial charge on any atom is 0.262 e. The van der Waals surface area contributed by atoms with E-state index in [1.165, 1.54) is 0 Å². The lowest BCUT2D eigenvalue weighted by molar-refractivity contribution is -0.118. The minimum absolute atomic E-state index is 0.0110. The Morgan fingerprint density at radius 1 is 0.969 bits per heavy atom. The molecule has 4 aromatic rings. The maximum absolute atomic E-state index is 13.3. The van der Waals surface area contributed by atoms with Crippen LogP contribution in [0.1, 0.15) is 11.1 Å². The number of carbonyl (C=O) groups is 1. The van der Waals surface area contributed by atoms with E-state index >= 15 is 0 Å². The molecule has 4 rings (SSSR count). The molecule has 0 aliphatic rings. The monoisotopic (exact) mass is 429 g/mol. The van der Waals surface area contributed by atoms with E-state index in [0.717, 1.165) is 11.1 Å². The average Bonchev–Trinajstić information content (AvgIpc) is 2.81. The molecular formula is C26H23NO5. The molecule has 32 heavy (non-hydrogen) atoms. The molecule has 3 aromatic carbocycles. The van der Waals surface area contributed by atoms with Gasteiger partial charge in [-0.2, -0.15) is 0 Å². The number of ether oxygens (including phenoxy) is 2. The largest absolute Gasteiger partial charge is 0.497 e. The van der Waals surface area contributed by atoms with Gasteiger partial charge in [0.15, 0.2) is 12.4 Å². The van der Waals surface area contributed by atoms with Crippen molar-refractivity contribution < 1.29 is 18.7 Å². The summed E-state index contributed by atoms with van der Waals surface area (Å²) in [5.41, 5.74) is 3.44. The van der Waals surface area contributed by atoms with Crippen LogP contribution in [-0.4, -0.2) is 19.6 Å². The third kappa shape index (κ3) is 4.34. The number of nitrogens with one attached hydrogen (secondary N) is 1. The van der Waals surface area contributed by atoms with Gasteiger partial charge in [-0.15, -0.1) is 0 Å². The molecule has 0 spiro atoms. The molecule has 162 valence electrons. The normalized spacial score (nSPS) is 10.7. The van der Waals surface area contributed by atoms with Gasteiger partial charge < -0.3 is 19.2 Å². The number of hydrogen-bond donors (Lipinski definition) is 1. The zero-order valence-corrected chi connectivity index (χ0v) is 18.1. The molecule has 1 aromatic heterocycles. The molecule has 0 bridgehead atoms. The molecule has 6 heteroatoms. The van der Waals surface area contributed by atoms with E-state index in [0.29, 0.717) is 33.7 Å². The molecule has 1 heterocycles. The first-order chi connectivity index (χ1) is 15.5. The lowest BCUT2D eigenvalue weighted by atomic mass is 10.0. The minimum atomic E-state index is -0.395. The summed E-state index contributed by atoms with van der Waals surface area (Å²) in [6, 6.07) is 19.8. The highest BCUT2D eigenvalue weighted by Crippen LogP contribution is 2.31. The fourth-order valence-corrected chi connectivity index (χ4v) is 3.35. The van der Waals surface area contributed by atoms with E-state index in [9.17, 15) is 9.59 Å². The topological polar surface area (TPSA) is 77.8 Å². The number of amides is 1. The molecule has 0 fully saturated rings. The van der Waals surface area contributed by atoms with Crippen molar-refractivity contribution in [3.63, 3.8) is 0 Å². The van der Waals surface area contributed by atoms with E-state index in [2.05, 4.69) is 5.32 Å². The smallest absolute Gasteiger partial charge is 0.262 e. The van der Waals surface area contributed by atoms with Crippen molar-refractivity contribution in [3.8, 4) is 22.8 Å². The van der Waals surface area contributed by atoms with Crippen LogP contribution in [-0.2, 0) is 4.79 Å². The Bertz CT molecular complexity index is 1320. The van der Waals surface area contributed by atoms with Crippen LogP contribution in [0.4, 0.5) is 5.69 Å². The number of fused-ring (bicyclic) bond motifs is 1. The third-order valence-corrected chi connectivity index (χ3v) is 5.22. The fourth-order valence-electron chi connectivity index (χ4n) is 3.35. The van der Waals surface area contributed by atoms with E-state index in [1.807, 2.05) is 50.2 Å². The Morgan fingerprint density at radius 3 is 2.34 bits per heavy atom. The summed E-state index contributed by atoms with van der Waals surface area (Å²) in [4.78, 5) is 25.8. The molecule has 1 amide bonds. The Balaban J connectivity index is 1.67. The van der Waals surface area contributed by atoms with Gasteiger partial charge >= 0.3 is 0 Å². The quantitative estimate of drug-likeness (QED) is 0.461. The zero-order valence-electron chi connectivity index (χ0n) is 18.1. The molecule has 0 unspecified atom stereocenters. The number of hydrogen-bond acceptors (Lipinski definition) is 5. The van der Waals surface area contributed by atoms with Gasteiger partial charge in [0.2, 0.25) is 11.2 Å². The van der Waals surface area contributed by atoms with Gasteiger partial charge in [0.1, 0.15) is 11.3 Å². The first-order valence-electron chi connectivity index (χ1n) is 10.2. The van der Waals surface area contributed by atoms with Crippen molar-refractivity contribution in [2.75, 3.05) is 19.0 Å². The molecule has 0 aliphatic heterocycles. The van der Waals surface area contributed by atoms with Crippen molar-refractivity contribution >= 4 is 22.6 Å². The molecule has 1 N–H and O–H groups in total. The average molecular weight is 429 g/mol. The SMILES string of the molecule is COc1ccc(NC(=O)COc2c(-c3ccccc3)oc3cc(C)c(C)cc3c2=O)cc1. The summed E-state index contributed by atoms with van der Waals surface area (Å²) in [6.07, 6.45) is 0. The lowest BCUT2D eigenvalue weighted by Crippen LogP contribution is -2.22. The van der Waals surface area contributed by atoms with Crippen molar-refractivity contribution in [1.29, 1.82) is 0 Å². The highest BCUT2D eigenvalue weighted by Gasteiger charge is 2.19. The standard InChI is InChI=1S/C26H23NO5/c1-16-13-21-22(14-17(16)2)32-25(18-7-5-4-6-8-18)26(24(21)29)31-15-23(28)27-19-9-11-20(30-3)12-10-19/h4-14H,15H2,1-3H3,(H,27,28). The van der Waals surface area contributed by atoms with Gasteiger partial charge in [-0.05, 0) is 61.4 Å². The predicted octanol–water partition coefficient (Wildman–Crippen LogP) is 5.10. The van der Waals surface area contributed by atoms with Crippen molar-refractivity contribution in [3.05, 3.63) is 88.1 Å². The predicted molar refractivity (Wildman–Crippen MR) is 125 cm³/mol. The third-order valence-electron chi connectivity index (χ3n) is 5.22. The summed E-state index contributed by atoms with van der Waals surface area (Å²) in [6.45, 7) is 3.56. The summed E-state index contributed by atoms with van der Waals surface area (Å²) < 4.78 is 17.0. The Kier molecular flexibility index (Phi) is 5.94. The van der Waals surface area contributed by atoms with Gasteiger partial charge in [-0.1, -0.05) is 30.3 Å². The molecule has 0 radical (unpaired) electrons.